The zero-order chi connectivity index (χ0) is 19.4. The van der Waals surface area contributed by atoms with Crippen molar-refractivity contribution in [3.8, 4) is 0 Å². The van der Waals surface area contributed by atoms with E-state index in [0.29, 0.717) is 23.2 Å². The number of nitrogens with zero attached hydrogens (tertiary/aromatic N) is 2. The molecule has 2 heterocycles. The summed E-state index contributed by atoms with van der Waals surface area (Å²) in [4.78, 5) is 37.2. The molecule has 1 N–H and O–H groups in total. The van der Waals surface area contributed by atoms with E-state index in [0.717, 1.165) is 11.3 Å². The van der Waals surface area contributed by atoms with E-state index in [4.69, 9.17) is 9.47 Å². The molecule has 0 fully saturated rings. The molecule has 0 bridgehead atoms. The highest BCUT2D eigenvalue weighted by molar-refractivity contribution is 7.18. The summed E-state index contributed by atoms with van der Waals surface area (Å²) >= 11 is 0.982. The number of carbonyl (C=O) groups is 3. The third-order valence-electron chi connectivity index (χ3n) is 3.87. The van der Waals surface area contributed by atoms with Gasteiger partial charge < -0.3 is 14.8 Å². The van der Waals surface area contributed by atoms with Gasteiger partial charge in [0, 0.05) is 12.7 Å². The predicted molar refractivity (Wildman–Crippen MR) is 96.9 cm³/mol. The number of anilines is 1. The van der Waals surface area contributed by atoms with Crippen molar-refractivity contribution in [2.24, 2.45) is 7.05 Å². The van der Waals surface area contributed by atoms with Crippen molar-refractivity contribution in [2.75, 3.05) is 19.0 Å². The molecule has 8 nitrogen and oxygen atoms in total. The SMILES string of the molecule is CCCOC(=O)c1c(NC(=O)c2cnn(C)c2C)sc(C(=O)OC)c1C. The van der Waals surface area contributed by atoms with Gasteiger partial charge in [0.1, 0.15) is 9.88 Å². The molecule has 0 aliphatic rings. The normalized spacial score (nSPS) is 10.5. The van der Waals surface area contributed by atoms with Gasteiger partial charge in [0.25, 0.3) is 5.91 Å². The van der Waals surface area contributed by atoms with E-state index in [1.807, 2.05) is 6.92 Å². The summed E-state index contributed by atoms with van der Waals surface area (Å²) in [6.07, 6.45) is 2.11. The molecule has 0 aromatic carbocycles. The van der Waals surface area contributed by atoms with E-state index < -0.39 is 17.8 Å². The van der Waals surface area contributed by atoms with Crippen molar-refractivity contribution in [3.05, 3.63) is 33.5 Å². The largest absolute Gasteiger partial charge is 0.465 e. The first-order valence-corrected chi connectivity index (χ1v) is 8.82. The Balaban J connectivity index is 2.42. The topological polar surface area (TPSA) is 99.5 Å². The summed E-state index contributed by atoms with van der Waals surface area (Å²) in [7, 11) is 2.98. The summed E-state index contributed by atoms with van der Waals surface area (Å²) in [5, 5.41) is 6.98. The molecule has 2 aromatic rings. The monoisotopic (exact) mass is 379 g/mol. The van der Waals surface area contributed by atoms with Crippen LogP contribution in [0.5, 0.6) is 0 Å². The van der Waals surface area contributed by atoms with Crippen LogP contribution in [0.15, 0.2) is 6.20 Å². The van der Waals surface area contributed by atoms with E-state index >= 15 is 0 Å². The lowest BCUT2D eigenvalue weighted by Gasteiger charge is -2.07. The van der Waals surface area contributed by atoms with Gasteiger partial charge in [-0.05, 0) is 25.8 Å². The molecule has 0 aliphatic carbocycles. The number of rotatable bonds is 6. The molecule has 1 amide bonds. The van der Waals surface area contributed by atoms with Crippen LogP contribution >= 0.6 is 11.3 Å². The van der Waals surface area contributed by atoms with Crippen LogP contribution in [0.25, 0.3) is 0 Å². The van der Waals surface area contributed by atoms with Crippen LogP contribution in [0, 0.1) is 13.8 Å². The fourth-order valence-corrected chi connectivity index (χ4v) is 3.40. The molecule has 0 atom stereocenters. The Bertz CT molecular complexity index is 853. The van der Waals surface area contributed by atoms with Gasteiger partial charge in [-0.15, -0.1) is 11.3 Å². The number of ether oxygens (including phenoxy) is 2. The molecule has 0 saturated carbocycles. The summed E-state index contributed by atoms with van der Waals surface area (Å²) < 4.78 is 11.5. The Labute approximate surface area is 155 Å². The van der Waals surface area contributed by atoms with Crippen molar-refractivity contribution < 1.29 is 23.9 Å². The van der Waals surface area contributed by atoms with Crippen molar-refractivity contribution in [1.82, 2.24) is 9.78 Å². The number of carbonyl (C=O) groups excluding carboxylic acids is 3. The van der Waals surface area contributed by atoms with Crippen LogP contribution in [-0.4, -0.2) is 41.3 Å². The van der Waals surface area contributed by atoms with Crippen LogP contribution in [0.3, 0.4) is 0 Å². The highest BCUT2D eigenvalue weighted by Crippen LogP contribution is 2.34. The standard InChI is InChI=1S/C17H21N3O5S/c1-6-7-25-16(22)12-9(2)13(17(23)24-5)26-15(12)19-14(21)11-8-18-20(4)10(11)3/h8H,6-7H2,1-5H3,(H,19,21). The number of aryl methyl sites for hydroxylation is 1. The van der Waals surface area contributed by atoms with Crippen LogP contribution < -0.4 is 5.32 Å². The van der Waals surface area contributed by atoms with Crippen LogP contribution in [-0.2, 0) is 16.5 Å². The Hall–Kier alpha value is -2.68. The summed E-state index contributed by atoms with van der Waals surface area (Å²) in [5.41, 5.74) is 1.64. The summed E-state index contributed by atoms with van der Waals surface area (Å²) in [6.45, 7) is 5.51. The summed E-state index contributed by atoms with van der Waals surface area (Å²) in [5.74, 6) is -1.58. The zero-order valence-electron chi connectivity index (χ0n) is 15.3. The Kier molecular flexibility index (Phi) is 6.14. The van der Waals surface area contributed by atoms with E-state index in [1.54, 1.807) is 25.6 Å². The first-order chi connectivity index (χ1) is 12.3. The molecule has 0 spiro atoms. The fraction of sp³-hybridized carbons (Fsp3) is 0.412. The van der Waals surface area contributed by atoms with Gasteiger partial charge in [0.15, 0.2) is 0 Å². The van der Waals surface area contributed by atoms with Gasteiger partial charge in [-0.3, -0.25) is 9.48 Å². The minimum absolute atomic E-state index is 0.166. The maximum atomic E-state index is 12.6. The molecule has 0 saturated heterocycles. The average molecular weight is 379 g/mol. The predicted octanol–water partition coefficient (Wildman–Crippen LogP) is 2.70. The quantitative estimate of drug-likeness (QED) is 0.775. The van der Waals surface area contributed by atoms with E-state index in [9.17, 15) is 14.4 Å². The van der Waals surface area contributed by atoms with Gasteiger partial charge in [0.2, 0.25) is 0 Å². The van der Waals surface area contributed by atoms with E-state index in [1.165, 1.54) is 13.3 Å². The second kappa shape index (κ2) is 8.13. The second-order valence-electron chi connectivity index (χ2n) is 5.61. The molecule has 2 aromatic heterocycles. The maximum absolute atomic E-state index is 12.6. The molecule has 2 rings (SSSR count). The van der Waals surface area contributed by atoms with Crippen molar-refractivity contribution in [3.63, 3.8) is 0 Å². The zero-order valence-corrected chi connectivity index (χ0v) is 16.2. The summed E-state index contributed by atoms with van der Waals surface area (Å²) in [6, 6.07) is 0. The van der Waals surface area contributed by atoms with Crippen LogP contribution in [0.1, 0.15) is 55.0 Å². The second-order valence-corrected chi connectivity index (χ2v) is 6.63. The van der Waals surface area contributed by atoms with Gasteiger partial charge in [-0.25, -0.2) is 9.59 Å². The molecule has 0 aliphatic heterocycles. The first-order valence-electron chi connectivity index (χ1n) is 8.00. The number of hydrogen-bond donors (Lipinski definition) is 1. The molecule has 0 unspecified atom stereocenters. The number of aromatic nitrogens is 2. The Morgan fingerprint density at radius 1 is 1.27 bits per heavy atom. The number of esters is 2. The lowest BCUT2D eigenvalue weighted by atomic mass is 10.1. The Morgan fingerprint density at radius 2 is 1.96 bits per heavy atom. The number of amides is 1. The van der Waals surface area contributed by atoms with E-state index in [-0.39, 0.29) is 22.0 Å². The third-order valence-corrected chi connectivity index (χ3v) is 5.05. The maximum Gasteiger partial charge on any atom is 0.348 e. The van der Waals surface area contributed by atoms with Gasteiger partial charge in [-0.2, -0.15) is 5.10 Å². The molecule has 140 valence electrons. The Morgan fingerprint density at radius 3 is 2.50 bits per heavy atom. The molecule has 26 heavy (non-hydrogen) atoms. The number of methoxy groups -OCH3 is 1. The third kappa shape index (κ3) is 3.77. The van der Waals surface area contributed by atoms with Gasteiger partial charge in [0.05, 0.1) is 31.0 Å². The van der Waals surface area contributed by atoms with Crippen molar-refractivity contribution in [2.45, 2.75) is 27.2 Å². The smallest absolute Gasteiger partial charge is 0.348 e. The van der Waals surface area contributed by atoms with Crippen LogP contribution in [0.2, 0.25) is 0 Å². The highest BCUT2D eigenvalue weighted by Gasteiger charge is 2.27. The average Bonchev–Trinajstić information content (AvgIpc) is 3.12. The van der Waals surface area contributed by atoms with E-state index in [2.05, 4.69) is 10.4 Å². The molecule has 0 radical (unpaired) electrons. The van der Waals surface area contributed by atoms with Crippen molar-refractivity contribution in [1.29, 1.82) is 0 Å². The molecular formula is C17H21N3O5S. The minimum Gasteiger partial charge on any atom is -0.465 e. The lowest BCUT2D eigenvalue weighted by Crippen LogP contribution is -2.15. The van der Waals surface area contributed by atoms with Gasteiger partial charge in [-0.1, -0.05) is 6.92 Å². The molecular weight excluding hydrogens is 358 g/mol. The number of hydrogen-bond acceptors (Lipinski definition) is 7. The minimum atomic E-state index is -0.589. The lowest BCUT2D eigenvalue weighted by molar-refractivity contribution is 0.0506. The number of nitrogens with one attached hydrogen (secondary N) is 1. The van der Waals surface area contributed by atoms with Gasteiger partial charge >= 0.3 is 11.9 Å². The van der Waals surface area contributed by atoms with Crippen LogP contribution in [0.4, 0.5) is 5.00 Å². The number of thiophene rings is 1. The molecule has 9 heteroatoms. The highest BCUT2D eigenvalue weighted by atomic mass is 32.1. The fourth-order valence-electron chi connectivity index (χ4n) is 2.29. The van der Waals surface area contributed by atoms with Crippen molar-refractivity contribution >= 4 is 34.2 Å². The first kappa shape index (κ1) is 19.6.